The van der Waals surface area contributed by atoms with Gasteiger partial charge in [-0.2, -0.15) is 0 Å². The molecule has 560 valence electrons. The van der Waals surface area contributed by atoms with Crippen LogP contribution in [0, 0.1) is 0 Å². The highest BCUT2D eigenvalue weighted by Gasteiger charge is 2.25. The molecule has 0 aliphatic rings. The number of esters is 2. The van der Waals surface area contributed by atoms with Gasteiger partial charge in [0.15, 0.2) is 6.10 Å². The molecule has 1 N–H and O–H groups in total. The molecule has 98 heavy (non-hydrogen) atoms. The maximum atomic E-state index is 13.0. The highest BCUT2D eigenvalue weighted by Crippen LogP contribution is 2.19. The van der Waals surface area contributed by atoms with Crippen LogP contribution in [-0.4, -0.2) is 87.4 Å². The van der Waals surface area contributed by atoms with E-state index in [1.807, 2.05) is 21.1 Å². The molecule has 0 rings (SSSR count). The number of hydrogen-bond donors (Lipinski definition) is 1. The predicted molar refractivity (Wildman–Crippen MR) is 424 cm³/mol. The highest BCUT2D eigenvalue weighted by atomic mass is 16.7. The zero-order valence-electron chi connectivity index (χ0n) is 64.2. The number of likely N-dealkylation sites (N-methyl/N-ethyl adjacent to an activating group) is 1. The quantitative estimate of drug-likeness (QED) is 0.0211. The van der Waals surface area contributed by atoms with Crippen LogP contribution in [0.15, 0.2) is 146 Å². The summed E-state index contributed by atoms with van der Waals surface area (Å²) in [5.74, 6) is -2.04. The van der Waals surface area contributed by atoms with Gasteiger partial charge in [0, 0.05) is 12.8 Å². The topological polar surface area (TPSA) is 108 Å². The molecule has 0 heterocycles. The number of carboxylic acid groups (broad SMARTS) is 1. The molecule has 0 aromatic carbocycles. The summed E-state index contributed by atoms with van der Waals surface area (Å²) in [6.45, 7) is 4.76. The number of carbonyl (C=O) groups is 3. The van der Waals surface area contributed by atoms with Crippen LogP contribution in [0.3, 0.4) is 0 Å². The summed E-state index contributed by atoms with van der Waals surface area (Å²) >= 11 is 0. The second-order valence-electron chi connectivity index (χ2n) is 28.0. The minimum absolute atomic E-state index is 0.177. The molecular weight excluding hydrogens is 1210 g/mol. The van der Waals surface area contributed by atoms with Crippen molar-refractivity contribution in [2.75, 3.05) is 47.5 Å². The first-order chi connectivity index (χ1) is 48.1. The Bertz CT molecular complexity index is 2130. The predicted octanol–water partition coefficient (Wildman–Crippen LogP) is 26.2. The van der Waals surface area contributed by atoms with Crippen molar-refractivity contribution in [2.24, 2.45) is 0 Å². The van der Waals surface area contributed by atoms with Gasteiger partial charge in [-0.3, -0.25) is 9.59 Å². The summed E-state index contributed by atoms with van der Waals surface area (Å²) in [6, 6.07) is 0. The van der Waals surface area contributed by atoms with E-state index in [2.05, 4.69) is 160 Å². The third kappa shape index (κ3) is 78.5. The number of hydrogen-bond acceptors (Lipinski definition) is 7. The average Bonchev–Trinajstić information content (AvgIpc) is 1.40. The van der Waals surface area contributed by atoms with E-state index >= 15 is 0 Å². The maximum Gasteiger partial charge on any atom is 0.361 e. The van der Waals surface area contributed by atoms with Crippen LogP contribution in [0.2, 0.25) is 0 Å². The van der Waals surface area contributed by atoms with Crippen LogP contribution < -0.4 is 0 Å². The molecule has 2 atom stereocenters. The third-order valence-electron chi connectivity index (χ3n) is 17.4. The van der Waals surface area contributed by atoms with Crippen LogP contribution in [0.5, 0.6) is 0 Å². The summed E-state index contributed by atoms with van der Waals surface area (Å²) in [7, 11) is 5.97. The molecule has 0 saturated carbocycles. The number of carboxylic acids is 1. The lowest BCUT2D eigenvalue weighted by Gasteiger charge is -2.25. The number of carbonyl (C=O) groups excluding carboxylic acids is 2. The Morgan fingerprint density at radius 2 is 0.582 bits per heavy atom. The van der Waals surface area contributed by atoms with Crippen LogP contribution >= 0.6 is 0 Å². The Morgan fingerprint density at radius 1 is 0.316 bits per heavy atom. The van der Waals surface area contributed by atoms with Crippen LogP contribution in [-0.2, 0) is 33.3 Å². The number of allylic oxidation sites excluding steroid dienone is 24. The third-order valence-corrected chi connectivity index (χ3v) is 17.4. The van der Waals surface area contributed by atoms with Crippen molar-refractivity contribution in [1.29, 1.82) is 0 Å². The molecule has 9 nitrogen and oxygen atoms in total. The molecule has 0 aromatic rings. The zero-order chi connectivity index (χ0) is 71.1. The standard InChI is InChI=1S/C89H151NO8/c1-6-8-10-12-14-16-18-20-22-24-26-28-30-32-34-36-38-40-41-42-43-44-45-46-47-48-50-52-54-56-58-60-62-64-66-68-70-72-74-76-78-80-87(92)98-85(84-97-89(88(93)94)95-82-81-90(3,4)5)83-96-86(91)79-77-75-73-71-69-67-65-63-61-59-57-55-53-51-49-39-37-35-33-31-29-27-25-23-21-19-17-15-13-11-9-7-2/h8,10,14,16,20,22,26,28,32,34,38,40,42-43,45-46,48,50,54,56,60,62,66,68,85,89H,6-7,9,11-13,15,17-19,21,23-25,27,29-31,33,35-37,39,41,44,47,49,51-53,55,57-59,61,63-65,67,69-84H2,1-5H3/p+1/b10-8-,16-14-,22-20-,28-26-,34-32-,40-38-,43-42-,46-45-,50-48-,56-54-,62-60-,68-66-. The molecule has 2 unspecified atom stereocenters. The molecule has 0 amide bonds. The average molecular weight is 1360 g/mol. The van der Waals surface area contributed by atoms with Crippen molar-refractivity contribution in [1.82, 2.24) is 0 Å². The van der Waals surface area contributed by atoms with Gasteiger partial charge >= 0.3 is 17.9 Å². The molecule has 0 fully saturated rings. The van der Waals surface area contributed by atoms with Gasteiger partial charge in [-0.15, -0.1) is 0 Å². The van der Waals surface area contributed by atoms with Crippen LogP contribution in [0.1, 0.15) is 341 Å². The Hall–Kier alpha value is -4.83. The summed E-state index contributed by atoms with van der Waals surface area (Å²) in [4.78, 5) is 37.7. The first-order valence-electron chi connectivity index (χ1n) is 40.5. The maximum absolute atomic E-state index is 13.0. The van der Waals surface area contributed by atoms with E-state index in [4.69, 9.17) is 18.9 Å². The first kappa shape index (κ1) is 93.2. The van der Waals surface area contributed by atoms with E-state index in [1.165, 1.54) is 186 Å². The number of ether oxygens (including phenoxy) is 4. The normalized spacial score (nSPS) is 13.4. The van der Waals surface area contributed by atoms with Gasteiger partial charge in [-0.05, 0) is 103 Å². The molecule has 0 aliphatic carbocycles. The van der Waals surface area contributed by atoms with Crippen LogP contribution in [0.25, 0.3) is 0 Å². The highest BCUT2D eigenvalue weighted by molar-refractivity contribution is 5.71. The van der Waals surface area contributed by atoms with E-state index in [1.54, 1.807) is 0 Å². The molecule has 0 aliphatic heterocycles. The van der Waals surface area contributed by atoms with Crippen molar-refractivity contribution in [2.45, 2.75) is 354 Å². The first-order valence-corrected chi connectivity index (χ1v) is 40.5. The molecule has 0 spiro atoms. The summed E-state index contributed by atoms with van der Waals surface area (Å²) in [5.41, 5.74) is 0. The molecular formula is C89H152NO8+. The summed E-state index contributed by atoms with van der Waals surface area (Å²) in [5, 5.41) is 9.77. The molecule has 9 heteroatoms. The summed E-state index contributed by atoms with van der Waals surface area (Å²) in [6.07, 6.45) is 111. The Labute approximate surface area is 604 Å². The smallest absolute Gasteiger partial charge is 0.361 e. The Balaban J connectivity index is 4.14. The minimum atomic E-state index is -1.53. The zero-order valence-corrected chi connectivity index (χ0v) is 64.2. The number of aliphatic carboxylic acids is 1. The van der Waals surface area contributed by atoms with Gasteiger partial charge in [0.1, 0.15) is 13.2 Å². The van der Waals surface area contributed by atoms with Crippen molar-refractivity contribution >= 4 is 17.9 Å². The Morgan fingerprint density at radius 3 is 0.867 bits per heavy atom. The van der Waals surface area contributed by atoms with Gasteiger partial charge in [0.25, 0.3) is 6.29 Å². The number of nitrogens with zero attached hydrogens (tertiary/aromatic N) is 1. The van der Waals surface area contributed by atoms with Gasteiger partial charge < -0.3 is 28.5 Å². The molecule has 0 radical (unpaired) electrons. The van der Waals surface area contributed by atoms with Gasteiger partial charge in [0.05, 0.1) is 34.4 Å². The fourth-order valence-corrected chi connectivity index (χ4v) is 11.2. The monoisotopic (exact) mass is 1360 g/mol. The lowest BCUT2D eigenvalue weighted by Crippen LogP contribution is -2.40. The van der Waals surface area contributed by atoms with Gasteiger partial charge in [-0.25, -0.2) is 4.79 Å². The van der Waals surface area contributed by atoms with Crippen LogP contribution in [0.4, 0.5) is 0 Å². The number of unbranched alkanes of at least 4 members (excludes halogenated alkanes) is 35. The number of quaternary nitrogens is 1. The SMILES string of the molecule is CC/C=C\C/C=C\C/C=C\C/C=C\C/C=C\C/C=C\C/C=C\C/C=C\C/C=C\C/C=C\C/C=C\C/C=C\CCCCCCC(=O)OC(COC(=O)CCCCCCCCCCCCCCCCCCCCCCCCCCCCCCCCCC)COC(OCC[N+](C)(C)C)C(=O)O. The lowest BCUT2D eigenvalue weighted by molar-refractivity contribution is -0.870. The van der Waals surface area contributed by atoms with Crippen molar-refractivity contribution in [3.8, 4) is 0 Å². The van der Waals surface area contributed by atoms with E-state index in [9.17, 15) is 19.5 Å². The second kappa shape index (κ2) is 77.9. The molecule has 0 bridgehead atoms. The van der Waals surface area contributed by atoms with E-state index in [0.717, 1.165) is 122 Å². The largest absolute Gasteiger partial charge is 0.477 e. The van der Waals surface area contributed by atoms with E-state index < -0.39 is 24.3 Å². The lowest BCUT2D eigenvalue weighted by atomic mass is 10.0. The van der Waals surface area contributed by atoms with Crippen molar-refractivity contribution in [3.63, 3.8) is 0 Å². The van der Waals surface area contributed by atoms with Crippen molar-refractivity contribution in [3.05, 3.63) is 146 Å². The fourth-order valence-electron chi connectivity index (χ4n) is 11.2. The van der Waals surface area contributed by atoms with E-state index in [0.29, 0.717) is 23.9 Å². The Kier molecular flexibility index (Phi) is 74.1. The van der Waals surface area contributed by atoms with Gasteiger partial charge in [-0.1, -0.05) is 372 Å². The fraction of sp³-hybridized carbons (Fsp3) is 0.697. The number of rotatable bonds is 74. The molecule has 0 aromatic heterocycles. The summed E-state index contributed by atoms with van der Waals surface area (Å²) < 4.78 is 23.0. The second-order valence-corrected chi connectivity index (χ2v) is 28.0. The minimum Gasteiger partial charge on any atom is -0.477 e. The molecule has 0 saturated heterocycles. The van der Waals surface area contributed by atoms with Crippen molar-refractivity contribution < 1.29 is 42.9 Å². The van der Waals surface area contributed by atoms with E-state index in [-0.39, 0.29) is 32.2 Å². The van der Waals surface area contributed by atoms with Gasteiger partial charge in [0.2, 0.25) is 0 Å².